The van der Waals surface area contributed by atoms with E-state index in [0.717, 1.165) is 37.7 Å². The van der Waals surface area contributed by atoms with Gasteiger partial charge in [-0.25, -0.2) is 0 Å². The molecule has 4 heterocycles. The van der Waals surface area contributed by atoms with Gasteiger partial charge in [-0.2, -0.15) is 0 Å². The van der Waals surface area contributed by atoms with Crippen molar-refractivity contribution in [2.75, 3.05) is 19.8 Å². The van der Waals surface area contributed by atoms with E-state index in [1.54, 1.807) is 17.1 Å². The number of esters is 1. The normalized spacial score (nSPS) is 34.2. The first-order valence-corrected chi connectivity index (χ1v) is 16.5. The Labute approximate surface area is 264 Å². The lowest BCUT2D eigenvalue weighted by Crippen LogP contribution is -2.60. The molecule has 1 aromatic carbocycles. The number of aliphatic hydroxyl groups excluding tert-OH is 1. The van der Waals surface area contributed by atoms with Crippen molar-refractivity contribution in [3.8, 4) is 0 Å². The van der Waals surface area contributed by atoms with Crippen LogP contribution in [0, 0.1) is 17.8 Å². The number of rotatable bonds is 5. The van der Waals surface area contributed by atoms with Gasteiger partial charge in [0.2, 0.25) is 17.7 Å². The Morgan fingerprint density at radius 3 is 2.49 bits per heavy atom. The van der Waals surface area contributed by atoms with Crippen LogP contribution in [0.5, 0.6) is 0 Å². The van der Waals surface area contributed by atoms with Gasteiger partial charge in [-0.1, -0.05) is 87.7 Å². The van der Waals surface area contributed by atoms with E-state index in [1.165, 1.54) is 0 Å². The van der Waals surface area contributed by atoms with E-state index in [0.29, 0.717) is 13.0 Å². The minimum atomic E-state index is -1.40. The highest BCUT2D eigenvalue weighted by atomic mass is 16.5. The Morgan fingerprint density at radius 1 is 1.02 bits per heavy atom. The van der Waals surface area contributed by atoms with Crippen LogP contribution in [0.15, 0.2) is 54.6 Å². The summed E-state index contributed by atoms with van der Waals surface area (Å²) >= 11 is 0. The molecule has 6 rings (SSSR count). The highest BCUT2D eigenvalue weighted by Crippen LogP contribution is 2.54. The molecule has 3 fully saturated rings. The van der Waals surface area contributed by atoms with Crippen molar-refractivity contribution in [1.82, 2.24) is 15.1 Å². The first-order valence-electron chi connectivity index (χ1n) is 16.5. The highest BCUT2D eigenvalue weighted by Gasteiger charge is 2.72. The van der Waals surface area contributed by atoms with Crippen molar-refractivity contribution in [3.05, 3.63) is 60.2 Å². The van der Waals surface area contributed by atoms with E-state index in [2.05, 4.69) is 5.32 Å². The van der Waals surface area contributed by atoms with E-state index in [9.17, 15) is 24.3 Å². The minimum absolute atomic E-state index is 0.0519. The number of nitrogens with zero attached hydrogens (tertiary/aromatic N) is 2. The number of aliphatic hydroxyl groups is 1. The SMILES string of the molecule is CC(C)[C@H](CO)N1C(=O)[C@@H]2[C@H]3C(=O)N[C@H](c4ccccc4)COC(=O)CC/C=C\[C@H]3O[C@@]23C=CCN(C2CCCCC2)C(=O)[C@@H]13. The third-order valence-corrected chi connectivity index (χ3v) is 10.4. The molecular weight excluding hydrogens is 574 g/mol. The van der Waals surface area contributed by atoms with Crippen LogP contribution < -0.4 is 5.32 Å². The number of carbonyl (C=O) groups is 4. The van der Waals surface area contributed by atoms with Gasteiger partial charge < -0.3 is 29.7 Å². The minimum Gasteiger partial charge on any atom is -0.463 e. The molecule has 3 amide bonds. The Morgan fingerprint density at radius 2 is 1.78 bits per heavy atom. The van der Waals surface area contributed by atoms with Gasteiger partial charge in [0, 0.05) is 19.0 Å². The number of nitrogens with one attached hydrogen (secondary N) is 1. The number of ether oxygens (including phenoxy) is 2. The van der Waals surface area contributed by atoms with Crippen LogP contribution in [0.3, 0.4) is 0 Å². The largest absolute Gasteiger partial charge is 0.463 e. The second-order valence-electron chi connectivity index (χ2n) is 13.4. The molecular formula is C35H45N3O7. The van der Waals surface area contributed by atoms with Gasteiger partial charge in [-0.05, 0) is 30.7 Å². The van der Waals surface area contributed by atoms with Crippen molar-refractivity contribution in [2.45, 2.75) is 94.7 Å². The van der Waals surface area contributed by atoms with E-state index in [4.69, 9.17) is 9.47 Å². The molecule has 1 aromatic rings. The van der Waals surface area contributed by atoms with Gasteiger partial charge >= 0.3 is 5.97 Å². The van der Waals surface area contributed by atoms with Gasteiger partial charge in [0.25, 0.3) is 0 Å². The maximum absolute atomic E-state index is 14.7. The van der Waals surface area contributed by atoms with Crippen molar-refractivity contribution in [1.29, 1.82) is 0 Å². The van der Waals surface area contributed by atoms with Crippen molar-refractivity contribution < 1.29 is 33.8 Å². The van der Waals surface area contributed by atoms with Gasteiger partial charge in [0.05, 0.1) is 36.6 Å². The second-order valence-corrected chi connectivity index (χ2v) is 13.4. The molecule has 1 spiro atoms. The molecule has 10 nitrogen and oxygen atoms in total. The van der Waals surface area contributed by atoms with Gasteiger partial charge in [-0.15, -0.1) is 0 Å². The number of likely N-dealkylation sites (tertiary alicyclic amines) is 1. The molecule has 242 valence electrons. The number of fused-ring (bicyclic) bond motifs is 2. The molecule has 1 aliphatic carbocycles. The van der Waals surface area contributed by atoms with Crippen molar-refractivity contribution >= 4 is 23.7 Å². The van der Waals surface area contributed by atoms with Crippen LogP contribution in [-0.4, -0.2) is 88.2 Å². The lowest BCUT2D eigenvalue weighted by Gasteiger charge is -2.42. The van der Waals surface area contributed by atoms with E-state index >= 15 is 0 Å². The van der Waals surface area contributed by atoms with Crippen molar-refractivity contribution in [2.24, 2.45) is 17.8 Å². The monoisotopic (exact) mass is 619 g/mol. The number of benzene rings is 1. The van der Waals surface area contributed by atoms with Crippen molar-refractivity contribution in [3.63, 3.8) is 0 Å². The quantitative estimate of drug-likeness (QED) is 0.383. The number of hydrogen-bond donors (Lipinski definition) is 2. The third kappa shape index (κ3) is 5.71. The zero-order valence-electron chi connectivity index (χ0n) is 26.2. The van der Waals surface area contributed by atoms with Gasteiger partial charge in [0.15, 0.2) is 0 Å². The standard InChI is InChI=1S/C35H45N3O7/c1-22(2)26(20-39)38-31-34(43)37(24-14-7-4-8-15-24)19-11-18-35(31)30(33(38)42)29-27(45-35)16-9-10-17-28(40)44-21-25(36-32(29)41)23-12-5-3-6-13-23/h3,5-6,9,11-13,16,18,22,24-27,29-31,39H,4,7-8,10,14-15,17,19-21H2,1-2H3,(H,36,41)/b16-9-/t25-,26-,27+,29-,30-,31+,35-/m0/s1. The third-order valence-electron chi connectivity index (χ3n) is 10.4. The first-order chi connectivity index (χ1) is 21.8. The van der Waals surface area contributed by atoms with Crippen LogP contribution in [0.25, 0.3) is 0 Å². The van der Waals surface area contributed by atoms with Crippen LogP contribution in [0.1, 0.15) is 70.4 Å². The summed E-state index contributed by atoms with van der Waals surface area (Å²) in [6.45, 7) is 3.88. The lowest BCUT2D eigenvalue weighted by molar-refractivity contribution is -0.153. The molecule has 0 unspecified atom stereocenters. The molecule has 7 atom stereocenters. The average molecular weight is 620 g/mol. The summed E-state index contributed by atoms with van der Waals surface area (Å²) in [6.07, 6.45) is 12.1. The Kier molecular flexibility index (Phi) is 9.15. The fraction of sp³-hybridized carbons (Fsp3) is 0.600. The van der Waals surface area contributed by atoms with Crippen LogP contribution in [-0.2, 0) is 28.7 Å². The smallest absolute Gasteiger partial charge is 0.306 e. The predicted molar refractivity (Wildman–Crippen MR) is 165 cm³/mol. The Hall–Kier alpha value is -3.50. The number of cyclic esters (lactones) is 1. The topological polar surface area (TPSA) is 125 Å². The molecule has 10 heteroatoms. The molecule has 4 aliphatic heterocycles. The maximum Gasteiger partial charge on any atom is 0.306 e. The molecule has 0 radical (unpaired) electrons. The zero-order valence-corrected chi connectivity index (χ0v) is 26.2. The summed E-state index contributed by atoms with van der Waals surface area (Å²) in [7, 11) is 0. The number of carbonyl (C=O) groups excluding carboxylic acids is 4. The summed E-state index contributed by atoms with van der Waals surface area (Å²) < 4.78 is 12.4. The summed E-state index contributed by atoms with van der Waals surface area (Å²) in [5.41, 5.74) is -0.632. The Bertz CT molecular complexity index is 1340. The summed E-state index contributed by atoms with van der Waals surface area (Å²) in [6, 6.07) is 7.06. The van der Waals surface area contributed by atoms with Gasteiger partial charge in [-0.3, -0.25) is 19.2 Å². The average Bonchev–Trinajstić information content (AvgIpc) is 3.42. The first kappa shape index (κ1) is 31.5. The summed E-state index contributed by atoms with van der Waals surface area (Å²) in [5.74, 6) is -3.41. The van der Waals surface area contributed by atoms with E-state index < -0.39 is 47.6 Å². The highest BCUT2D eigenvalue weighted by molar-refractivity contribution is 6.00. The fourth-order valence-corrected chi connectivity index (χ4v) is 8.09. The van der Waals surface area contributed by atoms with Crippen LogP contribution >= 0.6 is 0 Å². The maximum atomic E-state index is 14.7. The van der Waals surface area contributed by atoms with E-state index in [-0.39, 0.29) is 49.4 Å². The molecule has 0 aromatic heterocycles. The summed E-state index contributed by atoms with van der Waals surface area (Å²) in [4.78, 5) is 59.7. The van der Waals surface area contributed by atoms with E-state index in [1.807, 2.05) is 61.2 Å². The van der Waals surface area contributed by atoms with Gasteiger partial charge in [0.1, 0.15) is 18.2 Å². The number of amides is 3. The second kappa shape index (κ2) is 13.1. The Balaban J connectivity index is 1.44. The molecule has 45 heavy (non-hydrogen) atoms. The molecule has 5 aliphatic rings. The number of allylic oxidation sites excluding steroid dienone is 1. The number of hydrogen-bond acceptors (Lipinski definition) is 7. The molecule has 2 N–H and O–H groups in total. The predicted octanol–water partition coefficient (Wildman–Crippen LogP) is 3.07. The molecule has 0 bridgehead atoms. The van der Waals surface area contributed by atoms with Crippen LogP contribution in [0.4, 0.5) is 0 Å². The molecule has 1 saturated carbocycles. The fourth-order valence-electron chi connectivity index (χ4n) is 8.09. The lowest BCUT2D eigenvalue weighted by atomic mass is 9.77. The van der Waals surface area contributed by atoms with Crippen LogP contribution in [0.2, 0.25) is 0 Å². The molecule has 2 saturated heterocycles. The summed E-state index contributed by atoms with van der Waals surface area (Å²) in [5, 5.41) is 13.6. The zero-order chi connectivity index (χ0) is 31.7.